The first-order valence-electron chi connectivity index (χ1n) is 6.31. The van der Waals surface area contributed by atoms with Crippen molar-refractivity contribution in [3.05, 3.63) is 77.9 Å². The lowest BCUT2D eigenvalue weighted by molar-refractivity contribution is 0.236. The molecule has 0 aromatic heterocycles. The average molecular weight is 248 g/mol. The normalized spacial score (nSPS) is 11.8. The topological polar surface area (TPSA) is 20.2 Å². The highest BCUT2D eigenvalue weighted by molar-refractivity contribution is 5.48. The Bertz CT molecular complexity index is 573. The molecule has 0 aliphatic carbocycles. The minimum absolute atomic E-state index is 0.536. The molecule has 0 amide bonds. The van der Waals surface area contributed by atoms with E-state index in [1.165, 1.54) is 0 Å². The molecule has 1 unspecified atom stereocenters. The Morgan fingerprint density at radius 1 is 0.947 bits per heavy atom. The molecule has 0 fully saturated rings. The lowest BCUT2D eigenvalue weighted by Crippen LogP contribution is -2.00. The predicted molar refractivity (Wildman–Crippen MR) is 79.4 cm³/mol. The van der Waals surface area contributed by atoms with E-state index in [4.69, 9.17) is 0 Å². The van der Waals surface area contributed by atoms with Crippen LogP contribution in [-0.2, 0) is 0 Å². The molecule has 2 aromatic carbocycles. The fourth-order valence-corrected chi connectivity index (χ4v) is 1.64. The van der Waals surface area contributed by atoms with E-state index in [2.05, 4.69) is 11.8 Å². The van der Waals surface area contributed by atoms with Gasteiger partial charge in [-0.3, -0.25) is 0 Å². The van der Waals surface area contributed by atoms with Gasteiger partial charge < -0.3 is 5.11 Å². The second-order valence-corrected chi connectivity index (χ2v) is 4.20. The van der Waals surface area contributed by atoms with Crippen LogP contribution in [0.1, 0.15) is 17.5 Å². The SMILES string of the molecule is OC(C#Cc1ccccc1)CC=Cc1ccccc1. The van der Waals surface area contributed by atoms with Gasteiger partial charge in [0, 0.05) is 12.0 Å². The van der Waals surface area contributed by atoms with Crippen molar-refractivity contribution in [1.82, 2.24) is 0 Å². The van der Waals surface area contributed by atoms with Gasteiger partial charge in [-0.25, -0.2) is 0 Å². The molecule has 94 valence electrons. The van der Waals surface area contributed by atoms with Crippen molar-refractivity contribution < 1.29 is 5.11 Å². The molecule has 1 nitrogen and oxygen atoms in total. The third-order valence-corrected chi connectivity index (χ3v) is 2.63. The maximum Gasteiger partial charge on any atom is 0.118 e. The zero-order chi connectivity index (χ0) is 13.3. The number of hydrogen-bond donors (Lipinski definition) is 1. The Kier molecular flexibility index (Phi) is 4.98. The van der Waals surface area contributed by atoms with E-state index in [1.807, 2.05) is 72.8 Å². The molecule has 0 aliphatic rings. The molecular formula is C18H16O. The maximum atomic E-state index is 9.76. The summed E-state index contributed by atoms with van der Waals surface area (Å²) < 4.78 is 0. The molecule has 0 heterocycles. The zero-order valence-electron chi connectivity index (χ0n) is 10.7. The van der Waals surface area contributed by atoms with Crippen LogP contribution in [0.4, 0.5) is 0 Å². The van der Waals surface area contributed by atoms with Gasteiger partial charge in [0.1, 0.15) is 6.10 Å². The van der Waals surface area contributed by atoms with Crippen LogP contribution in [0, 0.1) is 11.8 Å². The van der Waals surface area contributed by atoms with Crippen molar-refractivity contribution in [1.29, 1.82) is 0 Å². The van der Waals surface area contributed by atoms with Crippen molar-refractivity contribution in [2.24, 2.45) is 0 Å². The highest BCUT2D eigenvalue weighted by atomic mass is 16.3. The van der Waals surface area contributed by atoms with E-state index >= 15 is 0 Å². The lowest BCUT2D eigenvalue weighted by atomic mass is 10.1. The number of rotatable bonds is 3. The molecule has 0 aliphatic heterocycles. The molecule has 1 N–H and O–H groups in total. The fraction of sp³-hybridized carbons (Fsp3) is 0.111. The summed E-state index contributed by atoms with van der Waals surface area (Å²) in [7, 11) is 0. The third-order valence-electron chi connectivity index (χ3n) is 2.63. The van der Waals surface area contributed by atoms with Gasteiger partial charge in [0.15, 0.2) is 0 Å². The van der Waals surface area contributed by atoms with Gasteiger partial charge in [0.05, 0.1) is 0 Å². The van der Waals surface area contributed by atoms with Gasteiger partial charge in [-0.2, -0.15) is 0 Å². The summed E-state index contributed by atoms with van der Waals surface area (Å²) >= 11 is 0. The summed E-state index contributed by atoms with van der Waals surface area (Å²) in [6.45, 7) is 0. The summed E-state index contributed by atoms with van der Waals surface area (Å²) in [5, 5.41) is 9.76. The number of benzene rings is 2. The van der Waals surface area contributed by atoms with E-state index in [0.29, 0.717) is 6.42 Å². The van der Waals surface area contributed by atoms with Crippen LogP contribution in [-0.4, -0.2) is 11.2 Å². The minimum Gasteiger partial charge on any atom is -0.380 e. The Balaban J connectivity index is 1.87. The van der Waals surface area contributed by atoms with E-state index in [9.17, 15) is 5.11 Å². The van der Waals surface area contributed by atoms with E-state index < -0.39 is 6.10 Å². The second-order valence-electron chi connectivity index (χ2n) is 4.20. The molecule has 0 radical (unpaired) electrons. The van der Waals surface area contributed by atoms with Crippen molar-refractivity contribution >= 4 is 6.08 Å². The van der Waals surface area contributed by atoms with Crippen molar-refractivity contribution in [3.63, 3.8) is 0 Å². The molecule has 1 heteroatoms. The van der Waals surface area contributed by atoms with Gasteiger partial charge in [0.2, 0.25) is 0 Å². The maximum absolute atomic E-state index is 9.76. The van der Waals surface area contributed by atoms with Gasteiger partial charge in [-0.05, 0) is 17.7 Å². The second kappa shape index (κ2) is 7.20. The van der Waals surface area contributed by atoms with Crippen LogP contribution in [0.5, 0.6) is 0 Å². The van der Waals surface area contributed by atoms with E-state index in [0.717, 1.165) is 11.1 Å². The summed E-state index contributed by atoms with van der Waals surface area (Å²) in [5.41, 5.74) is 2.05. The van der Waals surface area contributed by atoms with E-state index in [1.54, 1.807) is 0 Å². The molecule has 1 atom stereocenters. The smallest absolute Gasteiger partial charge is 0.118 e. The Labute approximate surface area is 114 Å². The van der Waals surface area contributed by atoms with Crippen molar-refractivity contribution in [2.45, 2.75) is 12.5 Å². The van der Waals surface area contributed by atoms with E-state index in [-0.39, 0.29) is 0 Å². The number of hydrogen-bond acceptors (Lipinski definition) is 1. The first-order valence-corrected chi connectivity index (χ1v) is 6.31. The molecule has 2 aromatic rings. The Hall–Kier alpha value is -2.30. The zero-order valence-corrected chi connectivity index (χ0v) is 10.7. The van der Waals surface area contributed by atoms with Crippen LogP contribution < -0.4 is 0 Å². The van der Waals surface area contributed by atoms with Crippen LogP contribution in [0.3, 0.4) is 0 Å². The predicted octanol–water partition coefficient (Wildman–Crippen LogP) is 3.50. The van der Waals surface area contributed by atoms with Crippen molar-refractivity contribution in [2.75, 3.05) is 0 Å². The third kappa shape index (κ3) is 4.83. The van der Waals surface area contributed by atoms with Crippen LogP contribution in [0.15, 0.2) is 66.7 Å². The summed E-state index contributed by atoms with van der Waals surface area (Å²) in [5.74, 6) is 5.80. The molecule has 0 saturated heterocycles. The van der Waals surface area contributed by atoms with Crippen LogP contribution in [0.25, 0.3) is 6.08 Å². The lowest BCUT2D eigenvalue weighted by Gasteiger charge is -1.97. The van der Waals surface area contributed by atoms with Gasteiger partial charge >= 0.3 is 0 Å². The fourth-order valence-electron chi connectivity index (χ4n) is 1.64. The monoisotopic (exact) mass is 248 g/mol. The van der Waals surface area contributed by atoms with Crippen molar-refractivity contribution in [3.8, 4) is 11.8 Å². The van der Waals surface area contributed by atoms with Gasteiger partial charge in [0.25, 0.3) is 0 Å². The molecule has 2 rings (SSSR count). The van der Waals surface area contributed by atoms with Crippen LogP contribution in [0.2, 0.25) is 0 Å². The Morgan fingerprint density at radius 2 is 1.58 bits per heavy atom. The van der Waals surface area contributed by atoms with Gasteiger partial charge in [-0.15, -0.1) is 0 Å². The minimum atomic E-state index is -0.625. The average Bonchev–Trinajstić information content (AvgIpc) is 2.47. The molecule has 0 spiro atoms. The quantitative estimate of drug-likeness (QED) is 0.824. The molecule has 0 saturated carbocycles. The first kappa shape index (κ1) is 13.1. The molecule has 19 heavy (non-hydrogen) atoms. The summed E-state index contributed by atoms with van der Waals surface area (Å²) in [6, 6.07) is 19.7. The molecular weight excluding hydrogens is 232 g/mol. The molecule has 0 bridgehead atoms. The Morgan fingerprint density at radius 3 is 2.26 bits per heavy atom. The summed E-state index contributed by atoms with van der Waals surface area (Å²) in [6.07, 6.45) is 3.85. The first-order chi connectivity index (χ1) is 9.34. The standard InChI is InChI=1S/C18H16O/c19-18(15-14-17-10-5-2-6-11-17)13-7-12-16-8-3-1-4-9-16/h1-12,18-19H,13H2. The van der Waals surface area contributed by atoms with Gasteiger partial charge in [-0.1, -0.05) is 72.5 Å². The highest BCUT2D eigenvalue weighted by Gasteiger charge is 1.94. The highest BCUT2D eigenvalue weighted by Crippen LogP contribution is 2.03. The number of aliphatic hydroxyl groups is 1. The largest absolute Gasteiger partial charge is 0.380 e. The van der Waals surface area contributed by atoms with Crippen LogP contribution >= 0.6 is 0 Å². The number of aliphatic hydroxyl groups excluding tert-OH is 1. The summed E-state index contributed by atoms with van der Waals surface area (Å²) in [4.78, 5) is 0.